The van der Waals surface area contributed by atoms with Gasteiger partial charge in [0.1, 0.15) is 12.0 Å². The molecule has 0 aromatic heterocycles. The number of aliphatic carboxylic acids is 1. The number of ether oxygens (including phenoxy) is 1. The molecule has 2 fully saturated rings. The van der Waals surface area contributed by atoms with Crippen molar-refractivity contribution in [2.24, 2.45) is 5.92 Å². The van der Waals surface area contributed by atoms with Crippen LogP contribution < -0.4 is 4.74 Å². The molecule has 5 nitrogen and oxygen atoms in total. The minimum atomic E-state index is -0.982. The number of carboxylic acid groups (broad SMARTS) is 1. The molecule has 2 aliphatic carbocycles. The zero-order valence-electron chi connectivity index (χ0n) is 16.3. The summed E-state index contributed by atoms with van der Waals surface area (Å²) in [5, 5.41) is 9.47. The Bertz CT molecular complexity index is 846. The highest BCUT2D eigenvalue weighted by atomic mass is 16.5. The molecule has 1 heterocycles. The Labute approximate surface area is 165 Å². The number of carboxylic acids is 1. The first kappa shape index (κ1) is 18.8. The summed E-state index contributed by atoms with van der Waals surface area (Å²) in [5.41, 5.74) is 3.57. The fourth-order valence-electron chi connectivity index (χ4n) is 4.46. The van der Waals surface area contributed by atoms with Crippen LogP contribution in [0, 0.1) is 12.8 Å². The highest BCUT2D eigenvalue weighted by Crippen LogP contribution is 2.50. The monoisotopic (exact) mass is 381 g/mol. The smallest absolute Gasteiger partial charge is 0.330 e. The molecule has 0 radical (unpaired) electrons. The van der Waals surface area contributed by atoms with Crippen molar-refractivity contribution in [1.29, 1.82) is 0 Å². The Balaban J connectivity index is 1.71. The number of aryl methyl sites for hydroxylation is 1. The van der Waals surface area contributed by atoms with Crippen LogP contribution in [-0.4, -0.2) is 34.4 Å². The van der Waals surface area contributed by atoms with Crippen molar-refractivity contribution in [2.75, 3.05) is 6.61 Å². The van der Waals surface area contributed by atoms with Gasteiger partial charge in [0, 0.05) is 23.4 Å². The van der Waals surface area contributed by atoms with Crippen LogP contribution in [0.15, 0.2) is 30.5 Å². The third-order valence-corrected chi connectivity index (χ3v) is 6.31. The van der Waals surface area contributed by atoms with Gasteiger partial charge in [0.05, 0.1) is 12.3 Å². The minimum absolute atomic E-state index is 0.145. The Morgan fingerprint density at radius 2 is 2.14 bits per heavy atom. The summed E-state index contributed by atoms with van der Waals surface area (Å²) in [6.07, 6.45) is 12.8. The Morgan fingerprint density at radius 3 is 2.75 bits per heavy atom. The molecule has 0 amide bonds. The maximum absolute atomic E-state index is 11.6. The normalized spacial score (nSPS) is 21.6. The molecule has 0 atom stereocenters. The van der Waals surface area contributed by atoms with Gasteiger partial charge in [-0.15, -0.1) is 0 Å². The van der Waals surface area contributed by atoms with Crippen molar-refractivity contribution in [3.05, 3.63) is 47.2 Å². The summed E-state index contributed by atoms with van der Waals surface area (Å²) < 4.78 is 6.07. The molecule has 148 valence electrons. The number of benzene rings is 1. The zero-order valence-corrected chi connectivity index (χ0v) is 16.3. The number of allylic oxidation sites excluding steroid dienone is 1. The van der Waals surface area contributed by atoms with Crippen molar-refractivity contribution >= 4 is 18.0 Å². The Hall–Kier alpha value is -2.56. The van der Waals surface area contributed by atoms with Crippen LogP contribution in [0.3, 0.4) is 0 Å². The Kier molecular flexibility index (Phi) is 5.00. The number of aldehydes is 1. The molecule has 0 bridgehead atoms. The average molecular weight is 381 g/mol. The maximum Gasteiger partial charge on any atom is 0.330 e. The molecule has 1 aromatic carbocycles. The molecule has 28 heavy (non-hydrogen) atoms. The molecule has 1 aromatic rings. The Morgan fingerprint density at radius 1 is 1.36 bits per heavy atom. The van der Waals surface area contributed by atoms with Gasteiger partial charge in [-0.25, -0.2) is 4.79 Å². The summed E-state index contributed by atoms with van der Waals surface area (Å²) in [5.74, 6) is 0.754. The van der Waals surface area contributed by atoms with Crippen LogP contribution >= 0.6 is 0 Å². The first-order valence-electron chi connectivity index (χ1n) is 10.1. The lowest BCUT2D eigenvalue weighted by atomic mass is 9.68. The van der Waals surface area contributed by atoms with Crippen LogP contribution in [0.25, 0.3) is 5.70 Å². The van der Waals surface area contributed by atoms with E-state index in [-0.39, 0.29) is 5.54 Å². The standard InChI is InChI=1S/C23H27NO4/c1-16-12-19-18(13-21(16)28-11-6-17-4-5-17)15-23(7-2-8-23)24(9-3-10-25)20(19)14-22(26)27/h3,9-10,12-14,17H,2,4-8,11,15H2,1H3,(H,26,27)/b9-3+,20-14-. The molecule has 4 rings (SSSR count). The first-order valence-corrected chi connectivity index (χ1v) is 10.1. The van der Waals surface area contributed by atoms with Crippen molar-refractivity contribution in [3.63, 3.8) is 0 Å². The summed E-state index contributed by atoms with van der Waals surface area (Å²) in [4.78, 5) is 24.5. The molecule has 3 aliphatic rings. The van der Waals surface area contributed by atoms with E-state index in [0.717, 1.165) is 73.4 Å². The molecular formula is C23H27NO4. The first-order chi connectivity index (χ1) is 13.5. The predicted octanol–water partition coefficient (Wildman–Crippen LogP) is 4.09. The molecule has 5 heteroatoms. The lowest BCUT2D eigenvalue weighted by molar-refractivity contribution is -0.131. The maximum atomic E-state index is 11.6. The fourth-order valence-corrected chi connectivity index (χ4v) is 4.46. The van der Waals surface area contributed by atoms with Gasteiger partial charge in [-0.05, 0) is 74.3 Å². The lowest BCUT2D eigenvalue weighted by Gasteiger charge is -2.54. The van der Waals surface area contributed by atoms with Crippen LogP contribution in [-0.2, 0) is 16.0 Å². The van der Waals surface area contributed by atoms with Crippen LogP contribution in [0.4, 0.5) is 0 Å². The van der Waals surface area contributed by atoms with E-state index in [2.05, 4.69) is 6.07 Å². The lowest BCUT2D eigenvalue weighted by Crippen LogP contribution is -2.54. The van der Waals surface area contributed by atoms with Crippen LogP contribution in [0.2, 0.25) is 0 Å². The number of fused-ring (bicyclic) bond motifs is 1. The van der Waals surface area contributed by atoms with Crippen LogP contribution in [0.5, 0.6) is 5.75 Å². The van der Waals surface area contributed by atoms with Crippen molar-refractivity contribution in [1.82, 2.24) is 4.90 Å². The summed E-state index contributed by atoms with van der Waals surface area (Å²) in [6, 6.07) is 4.14. The number of hydrogen-bond donors (Lipinski definition) is 1. The van der Waals surface area contributed by atoms with Gasteiger partial charge in [-0.1, -0.05) is 12.8 Å². The zero-order chi connectivity index (χ0) is 19.7. The second-order valence-electron chi connectivity index (χ2n) is 8.33. The fraction of sp³-hybridized carbons (Fsp3) is 0.478. The van der Waals surface area contributed by atoms with Gasteiger partial charge >= 0.3 is 5.97 Å². The number of nitrogens with zero attached hydrogens (tertiary/aromatic N) is 1. The van der Waals surface area contributed by atoms with Crippen molar-refractivity contribution in [3.8, 4) is 5.75 Å². The van der Waals surface area contributed by atoms with E-state index in [0.29, 0.717) is 5.70 Å². The number of carbonyl (C=O) groups excluding carboxylic acids is 1. The van der Waals surface area contributed by atoms with Gasteiger partial charge in [0.2, 0.25) is 0 Å². The van der Waals surface area contributed by atoms with Gasteiger partial charge in [-0.3, -0.25) is 4.79 Å². The minimum Gasteiger partial charge on any atom is -0.493 e. The number of hydrogen-bond acceptors (Lipinski definition) is 4. The van der Waals surface area contributed by atoms with E-state index < -0.39 is 5.97 Å². The summed E-state index contributed by atoms with van der Waals surface area (Å²) in [6.45, 7) is 2.74. The molecule has 2 saturated carbocycles. The summed E-state index contributed by atoms with van der Waals surface area (Å²) in [7, 11) is 0. The third kappa shape index (κ3) is 3.58. The van der Waals surface area contributed by atoms with E-state index in [1.54, 1.807) is 6.20 Å². The highest BCUT2D eigenvalue weighted by Gasteiger charge is 2.46. The number of rotatable bonds is 7. The van der Waals surface area contributed by atoms with E-state index in [1.807, 2.05) is 17.9 Å². The van der Waals surface area contributed by atoms with Gasteiger partial charge in [0.15, 0.2) is 0 Å². The SMILES string of the molecule is Cc1cc2c(cc1OCCC1CC1)CC1(CCC1)N(/C=C/C=O)/C2=C\C(=O)O. The summed E-state index contributed by atoms with van der Waals surface area (Å²) >= 11 is 0. The van der Waals surface area contributed by atoms with Crippen molar-refractivity contribution in [2.45, 2.75) is 57.4 Å². The van der Waals surface area contributed by atoms with Crippen molar-refractivity contribution < 1.29 is 19.4 Å². The molecule has 1 N–H and O–H groups in total. The quantitative estimate of drug-likeness (QED) is 0.569. The predicted molar refractivity (Wildman–Crippen MR) is 107 cm³/mol. The number of carbonyl (C=O) groups is 2. The van der Waals surface area contributed by atoms with Gasteiger partial charge < -0.3 is 14.7 Å². The molecule has 1 aliphatic heterocycles. The molecular weight excluding hydrogens is 354 g/mol. The van der Waals surface area contributed by atoms with E-state index in [1.165, 1.54) is 25.0 Å². The van der Waals surface area contributed by atoms with Gasteiger partial charge in [-0.2, -0.15) is 0 Å². The molecule has 0 unspecified atom stereocenters. The van der Waals surface area contributed by atoms with Gasteiger partial charge in [0.25, 0.3) is 0 Å². The third-order valence-electron chi connectivity index (χ3n) is 6.31. The second kappa shape index (κ2) is 7.46. The van der Waals surface area contributed by atoms with E-state index >= 15 is 0 Å². The topological polar surface area (TPSA) is 66.8 Å². The highest BCUT2D eigenvalue weighted by molar-refractivity contribution is 5.91. The molecule has 1 spiro atoms. The molecule has 0 saturated heterocycles. The van der Waals surface area contributed by atoms with E-state index in [9.17, 15) is 14.7 Å². The largest absolute Gasteiger partial charge is 0.493 e. The van der Waals surface area contributed by atoms with E-state index in [4.69, 9.17) is 4.74 Å². The average Bonchev–Trinajstić information content (AvgIpc) is 3.44. The van der Waals surface area contributed by atoms with Crippen LogP contribution in [0.1, 0.15) is 55.2 Å². The second-order valence-corrected chi connectivity index (χ2v) is 8.33.